The van der Waals surface area contributed by atoms with Crippen LogP contribution in [0.1, 0.15) is 28.8 Å². The normalized spacial score (nSPS) is 12.1. The van der Waals surface area contributed by atoms with E-state index in [4.69, 9.17) is 7.85 Å². The molecule has 2 aromatic rings. The van der Waals surface area contributed by atoms with Crippen molar-refractivity contribution in [3.05, 3.63) is 59.7 Å². The number of Topliss-reactive ketones (excluding diaryl/α,β-unsaturated/α-hetero) is 1. The highest BCUT2D eigenvalue weighted by atomic mass is 16.3. The summed E-state index contributed by atoms with van der Waals surface area (Å²) in [4.78, 5) is 12.2. The summed E-state index contributed by atoms with van der Waals surface area (Å²) < 4.78 is 0. The van der Waals surface area contributed by atoms with Crippen molar-refractivity contribution in [2.75, 3.05) is 0 Å². The molecular weight excluding hydrogens is 223 g/mol. The third-order valence-electron chi connectivity index (χ3n) is 2.98. The zero-order valence-corrected chi connectivity index (χ0v) is 10.1. The van der Waals surface area contributed by atoms with Crippen LogP contribution in [0, 0.1) is 0 Å². The maximum Gasteiger partial charge on any atom is 0.170 e. The number of hydrogen-bond acceptors (Lipinski definition) is 2. The lowest BCUT2D eigenvalue weighted by molar-refractivity contribution is 0.0966. The van der Waals surface area contributed by atoms with Gasteiger partial charge in [-0.2, -0.15) is 0 Å². The van der Waals surface area contributed by atoms with Crippen LogP contribution in [0.15, 0.2) is 48.5 Å². The summed E-state index contributed by atoms with van der Waals surface area (Å²) in [5, 5.41) is 9.20. The van der Waals surface area contributed by atoms with Crippen LogP contribution in [0.5, 0.6) is 5.75 Å². The van der Waals surface area contributed by atoms with Crippen LogP contribution in [0.2, 0.25) is 0 Å². The van der Waals surface area contributed by atoms with E-state index in [2.05, 4.69) is 0 Å². The molecule has 0 saturated heterocycles. The standard InChI is InChI=1S/C15H13BO2/c1-10(11-2-6-13(16)7-3-11)15(18)12-4-8-14(17)9-5-12/h2-10,17H,1H3. The van der Waals surface area contributed by atoms with Crippen LogP contribution in [0.3, 0.4) is 0 Å². The van der Waals surface area contributed by atoms with E-state index < -0.39 is 0 Å². The Bertz CT molecular complexity index is 544. The third-order valence-corrected chi connectivity index (χ3v) is 2.98. The minimum Gasteiger partial charge on any atom is -0.508 e. The molecule has 1 N–H and O–H groups in total. The molecule has 88 valence electrons. The van der Waals surface area contributed by atoms with Gasteiger partial charge in [0.05, 0.1) is 0 Å². The Kier molecular flexibility index (Phi) is 3.51. The highest BCUT2D eigenvalue weighted by Crippen LogP contribution is 2.21. The van der Waals surface area contributed by atoms with Gasteiger partial charge < -0.3 is 5.11 Å². The van der Waals surface area contributed by atoms with E-state index >= 15 is 0 Å². The average Bonchev–Trinajstić information content (AvgIpc) is 2.39. The molecule has 0 aliphatic carbocycles. The number of ketones is 1. The van der Waals surface area contributed by atoms with Gasteiger partial charge in [-0.15, -0.1) is 0 Å². The lowest BCUT2D eigenvalue weighted by Crippen LogP contribution is -2.11. The number of hydrogen-bond donors (Lipinski definition) is 1. The molecule has 0 amide bonds. The van der Waals surface area contributed by atoms with E-state index in [0.717, 1.165) is 5.56 Å². The lowest BCUT2D eigenvalue weighted by atomic mass is 9.89. The van der Waals surface area contributed by atoms with Gasteiger partial charge in [0.1, 0.15) is 13.6 Å². The van der Waals surface area contributed by atoms with Crippen molar-refractivity contribution in [1.82, 2.24) is 0 Å². The predicted octanol–water partition coefficient (Wildman–Crippen LogP) is 2.17. The fourth-order valence-electron chi connectivity index (χ4n) is 1.81. The van der Waals surface area contributed by atoms with Gasteiger partial charge in [0.2, 0.25) is 0 Å². The monoisotopic (exact) mass is 236 g/mol. The molecule has 0 spiro atoms. The fraction of sp³-hybridized carbons (Fsp3) is 0.133. The molecule has 18 heavy (non-hydrogen) atoms. The maximum atomic E-state index is 12.2. The number of phenols is 1. The second-order valence-electron chi connectivity index (χ2n) is 4.30. The number of phenolic OH excluding ortho intramolecular Hbond substituents is 1. The molecule has 2 nitrogen and oxygen atoms in total. The van der Waals surface area contributed by atoms with Gasteiger partial charge in [-0.3, -0.25) is 4.79 Å². The van der Waals surface area contributed by atoms with Crippen molar-refractivity contribution < 1.29 is 9.90 Å². The van der Waals surface area contributed by atoms with Gasteiger partial charge in [-0.25, -0.2) is 0 Å². The number of rotatable bonds is 3. The van der Waals surface area contributed by atoms with Crippen molar-refractivity contribution in [1.29, 1.82) is 0 Å². The van der Waals surface area contributed by atoms with Gasteiger partial charge in [0.15, 0.2) is 5.78 Å². The first-order valence-electron chi connectivity index (χ1n) is 5.76. The second kappa shape index (κ2) is 5.09. The molecule has 1 unspecified atom stereocenters. The molecule has 0 aliphatic heterocycles. The van der Waals surface area contributed by atoms with Crippen molar-refractivity contribution in [2.24, 2.45) is 0 Å². The average molecular weight is 236 g/mol. The smallest absolute Gasteiger partial charge is 0.170 e. The predicted molar refractivity (Wildman–Crippen MR) is 72.7 cm³/mol. The SMILES string of the molecule is [B]c1ccc(C(C)C(=O)c2ccc(O)cc2)cc1. The zero-order chi connectivity index (χ0) is 13.1. The minimum absolute atomic E-state index is 0.0276. The van der Waals surface area contributed by atoms with E-state index in [9.17, 15) is 9.90 Å². The van der Waals surface area contributed by atoms with E-state index in [1.807, 2.05) is 19.1 Å². The molecule has 0 bridgehead atoms. The fourth-order valence-corrected chi connectivity index (χ4v) is 1.81. The third kappa shape index (κ3) is 2.62. The van der Waals surface area contributed by atoms with Crippen LogP contribution in [-0.4, -0.2) is 18.7 Å². The lowest BCUT2D eigenvalue weighted by Gasteiger charge is -2.11. The Morgan fingerprint density at radius 1 is 1.06 bits per heavy atom. The van der Waals surface area contributed by atoms with E-state index in [1.165, 1.54) is 12.1 Å². The van der Waals surface area contributed by atoms with Crippen LogP contribution in [0.4, 0.5) is 0 Å². The van der Waals surface area contributed by atoms with E-state index in [0.29, 0.717) is 11.0 Å². The van der Waals surface area contributed by atoms with Crippen LogP contribution in [0.25, 0.3) is 0 Å². The van der Waals surface area contributed by atoms with Crippen LogP contribution in [-0.2, 0) is 0 Å². The first-order valence-corrected chi connectivity index (χ1v) is 5.76. The molecule has 2 radical (unpaired) electrons. The van der Waals surface area contributed by atoms with Gasteiger partial charge in [-0.1, -0.05) is 36.7 Å². The van der Waals surface area contributed by atoms with E-state index in [1.54, 1.807) is 24.3 Å². The molecular formula is C15H13BO2. The van der Waals surface area contributed by atoms with Crippen LogP contribution < -0.4 is 5.46 Å². The number of aromatic hydroxyl groups is 1. The second-order valence-corrected chi connectivity index (χ2v) is 4.30. The Hall–Kier alpha value is -2.03. The molecule has 1 atom stereocenters. The van der Waals surface area contributed by atoms with E-state index in [-0.39, 0.29) is 17.5 Å². The summed E-state index contributed by atoms with van der Waals surface area (Å²) >= 11 is 0. The first kappa shape index (κ1) is 12.4. The van der Waals surface area contributed by atoms with Gasteiger partial charge in [0, 0.05) is 11.5 Å². The van der Waals surface area contributed by atoms with Gasteiger partial charge in [0.25, 0.3) is 0 Å². The summed E-state index contributed by atoms with van der Waals surface area (Å²) in [6, 6.07) is 13.6. The van der Waals surface area contributed by atoms with Crippen molar-refractivity contribution in [2.45, 2.75) is 12.8 Å². The Morgan fingerprint density at radius 2 is 1.61 bits per heavy atom. The van der Waals surface area contributed by atoms with Gasteiger partial charge >= 0.3 is 0 Å². The Morgan fingerprint density at radius 3 is 2.17 bits per heavy atom. The molecule has 0 saturated carbocycles. The summed E-state index contributed by atoms with van der Waals surface area (Å²) in [6.07, 6.45) is 0. The summed E-state index contributed by atoms with van der Waals surface area (Å²) in [5.41, 5.74) is 2.21. The number of benzene rings is 2. The molecule has 2 aromatic carbocycles. The molecule has 0 aromatic heterocycles. The largest absolute Gasteiger partial charge is 0.508 e. The molecule has 2 rings (SSSR count). The summed E-state index contributed by atoms with van der Waals surface area (Å²) in [7, 11) is 5.62. The quantitative estimate of drug-likeness (QED) is 0.655. The van der Waals surface area contributed by atoms with Crippen LogP contribution >= 0.6 is 0 Å². The summed E-state index contributed by atoms with van der Waals surface area (Å²) in [6.45, 7) is 1.86. The van der Waals surface area contributed by atoms with Gasteiger partial charge in [-0.05, 0) is 29.8 Å². The maximum absolute atomic E-state index is 12.2. The zero-order valence-electron chi connectivity index (χ0n) is 10.1. The van der Waals surface area contributed by atoms with Crippen molar-refractivity contribution in [3.8, 4) is 5.75 Å². The Labute approximate surface area is 108 Å². The molecule has 0 heterocycles. The van der Waals surface area contributed by atoms with Crippen molar-refractivity contribution in [3.63, 3.8) is 0 Å². The minimum atomic E-state index is -0.227. The number of carbonyl (C=O) groups is 1. The number of carbonyl (C=O) groups excluding carboxylic acids is 1. The summed E-state index contributed by atoms with van der Waals surface area (Å²) in [5.74, 6) is -0.0402. The topological polar surface area (TPSA) is 37.3 Å². The molecule has 0 aliphatic rings. The highest BCUT2D eigenvalue weighted by molar-refractivity contribution is 6.32. The Balaban J connectivity index is 2.23. The van der Waals surface area contributed by atoms with Crippen molar-refractivity contribution >= 4 is 19.1 Å². The highest BCUT2D eigenvalue weighted by Gasteiger charge is 2.16. The molecule has 0 fully saturated rings. The molecule has 3 heteroatoms. The first-order chi connectivity index (χ1) is 8.58.